The molecule has 0 unspecified atom stereocenters. The minimum atomic E-state index is -0.775. The van der Waals surface area contributed by atoms with Crippen molar-refractivity contribution in [3.8, 4) is 0 Å². The topological polar surface area (TPSA) is 26.0 Å². The maximum absolute atomic E-state index is 12.5. The predicted octanol–water partition coefficient (Wildman–Crippen LogP) is 2.69. The number of fused-ring (bicyclic) bond motifs is 1. The number of benzene rings is 1. The van der Waals surface area contributed by atoms with Gasteiger partial charge in [0, 0.05) is 4.90 Å². The zero-order chi connectivity index (χ0) is 8.55. The summed E-state index contributed by atoms with van der Waals surface area (Å²) in [6.45, 7) is 0. The Labute approximate surface area is 72.8 Å². The van der Waals surface area contributed by atoms with Gasteiger partial charge in [0.1, 0.15) is 5.52 Å². The van der Waals surface area contributed by atoms with Gasteiger partial charge in [0.05, 0.1) is 0 Å². The maximum Gasteiger partial charge on any atom is 0.382 e. The summed E-state index contributed by atoms with van der Waals surface area (Å²) in [6.07, 6.45) is 1.18. The fourth-order valence-corrected chi connectivity index (χ4v) is 1.44. The van der Waals surface area contributed by atoms with Crippen LogP contribution >= 0.6 is 11.8 Å². The van der Waals surface area contributed by atoms with Gasteiger partial charge in [-0.25, -0.2) is 0 Å². The van der Waals surface area contributed by atoms with E-state index in [1.807, 2.05) is 12.3 Å². The molecular weight excluding hydrogens is 177 g/mol. The molecule has 0 amide bonds. The highest BCUT2D eigenvalue weighted by atomic mass is 32.2. The van der Waals surface area contributed by atoms with Crippen molar-refractivity contribution in [1.82, 2.24) is 4.98 Å². The van der Waals surface area contributed by atoms with Crippen LogP contribution in [0.3, 0.4) is 0 Å². The predicted molar refractivity (Wildman–Crippen MR) is 45.7 cm³/mol. The molecule has 2 nitrogen and oxygen atoms in total. The van der Waals surface area contributed by atoms with E-state index in [-0.39, 0.29) is 0 Å². The fourth-order valence-electron chi connectivity index (χ4n) is 1.01. The second-order valence-corrected chi connectivity index (χ2v) is 3.18. The highest BCUT2D eigenvalue weighted by Crippen LogP contribution is 2.21. The first-order valence-electron chi connectivity index (χ1n) is 3.39. The number of hydrogen-bond donors (Lipinski definition) is 0. The van der Waals surface area contributed by atoms with Crippen LogP contribution in [0.2, 0.25) is 0 Å². The van der Waals surface area contributed by atoms with Gasteiger partial charge >= 0.3 is 6.14 Å². The summed E-state index contributed by atoms with van der Waals surface area (Å²) in [5, 5.41) is 0. The van der Waals surface area contributed by atoms with Crippen molar-refractivity contribution < 1.29 is 8.81 Å². The number of halogens is 1. The van der Waals surface area contributed by atoms with Crippen LogP contribution in [0.15, 0.2) is 27.5 Å². The van der Waals surface area contributed by atoms with E-state index in [4.69, 9.17) is 0 Å². The summed E-state index contributed by atoms with van der Waals surface area (Å²) in [5.41, 5.74) is 1.06. The average Bonchev–Trinajstić information content (AvgIpc) is 2.43. The average molecular weight is 183 g/mol. The molecule has 0 fully saturated rings. The van der Waals surface area contributed by atoms with Crippen LogP contribution < -0.4 is 0 Å². The molecular formula is C8H6FNOS. The van der Waals surface area contributed by atoms with E-state index < -0.39 is 6.14 Å². The zero-order valence-electron chi connectivity index (χ0n) is 6.37. The Hall–Kier alpha value is -1.03. The second kappa shape index (κ2) is 2.79. The van der Waals surface area contributed by atoms with Gasteiger partial charge in [-0.2, -0.15) is 4.98 Å². The van der Waals surface area contributed by atoms with Crippen LogP contribution in [0.25, 0.3) is 11.1 Å². The summed E-state index contributed by atoms with van der Waals surface area (Å²) < 4.78 is 17.2. The number of nitrogens with zero attached hydrogens (tertiary/aromatic N) is 1. The summed E-state index contributed by atoms with van der Waals surface area (Å²) in [6, 6.07) is 5.39. The fraction of sp³-hybridized carbons (Fsp3) is 0.125. The Morgan fingerprint density at radius 1 is 1.50 bits per heavy atom. The Balaban J connectivity index is 2.66. The van der Waals surface area contributed by atoms with Crippen molar-refractivity contribution in [2.24, 2.45) is 0 Å². The number of rotatable bonds is 1. The third kappa shape index (κ3) is 1.18. The van der Waals surface area contributed by atoms with Crippen LogP contribution in [-0.2, 0) is 0 Å². The van der Waals surface area contributed by atoms with Crippen LogP contribution in [-0.4, -0.2) is 11.2 Å². The molecule has 0 radical (unpaired) electrons. The number of thioether (sulfide) groups is 1. The second-order valence-electron chi connectivity index (χ2n) is 2.30. The quantitative estimate of drug-likeness (QED) is 0.636. The lowest BCUT2D eigenvalue weighted by Gasteiger charge is -1.91. The monoisotopic (exact) mass is 183 g/mol. The molecule has 0 aliphatic rings. The number of aromatic nitrogens is 1. The van der Waals surface area contributed by atoms with Gasteiger partial charge in [-0.15, -0.1) is 16.2 Å². The molecule has 0 saturated carbocycles. The largest absolute Gasteiger partial charge is 0.415 e. The molecule has 0 atom stereocenters. The van der Waals surface area contributed by atoms with Crippen LogP contribution in [0, 0.1) is 6.14 Å². The summed E-state index contributed by atoms with van der Waals surface area (Å²) in [7, 11) is 0. The Morgan fingerprint density at radius 2 is 2.33 bits per heavy atom. The highest BCUT2D eigenvalue weighted by molar-refractivity contribution is 7.98. The normalized spacial score (nSPS) is 10.8. The van der Waals surface area contributed by atoms with E-state index >= 15 is 0 Å². The first-order chi connectivity index (χ1) is 5.79. The third-order valence-electron chi connectivity index (χ3n) is 1.57. The van der Waals surface area contributed by atoms with Crippen molar-refractivity contribution in [3.63, 3.8) is 0 Å². The standard InChI is InChI=1S/C8H6FNOS/c1-12-5-2-3-7-6(4-5)10-8(9)11-7/h2-4H,1H3. The van der Waals surface area contributed by atoms with E-state index in [0.717, 1.165) is 4.90 Å². The van der Waals surface area contributed by atoms with Crippen molar-refractivity contribution in [1.29, 1.82) is 0 Å². The van der Waals surface area contributed by atoms with E-state index in [1.54, 1.807) is 23.9 Å². The molecule has 2 aromatic rings. The Bertz CT molecular complexity index is 412. The molecule has 4 heteroatoms. The minimum absolute atomic E-state index is 0.491. The van der Waals surface area contributed by atoms with Gasteiger partial charge in [0.25, 0.3) is 0 Å². The molecule has 2 rings (SSSR count). The van der Waals surface area contributed by atoms with E-state index in [0.29, 0.717) is 11.1 Å². The van der Waals surface area contributed by atoms with Crippen LogP contribution in [0.5, 0.6) is 0 Å². The number of hydrogen-bond acceptors (Lipinski definition) is 3. The Morgan fingerprint density at radius 3 is 3.08 bits per heavy atom. The van der Waals surface area contributed by atoms with Gasteiger partial charge in [-0.3, -0.25) is 0 Å². The molecule has 0 saturated heterocycles. The number of oxazole rings is 1. The van der Waals surface area contributed by atoms with E-state index in [9.17, 15) is 4.39 Å². The summed E-state index contributed by atoms with van der Waals surface area (Å²) in [4.78, 5) is 4.63. The lowest BCUT2D eigenvalue weighted by molar-refractivity contribution is 0.355. The van der Waals surface area contributed by atoms with Crippen molar-refractivity contribution >= 4 is 22.9 Å². The molecule has 1 aromatic carbocycles. The first-order valence-corrected chi connectivity index (χ1v) is 4.62. The van der Waals surface area contributed by atoms with E-state index in [1.165, 1.54) is 0 Å². The smallest absolute Gasteiger partial charge is 0.382 e. The van der Waals surface area contributed by atoms with Gasteiger partial charge in [-0.1, -0.05) is 0 Å². The van der Waals surface area contributed by atoms with Crippen molar-refractivity contribution in [3.05, 3.63) is 24.3 Å². The third-order valence-corrected chi connectivity index (χ3v) is 2.29. The van der Waals surface area contributed by atoms with Gasteiger partial charge in [0.15, 0.2) is 5.58 Å². The first kappa shape index (κ1) is 7.61. The van der Waals surface area contributed by atoms with Gasteiger partial charge in [-0.05, 0) is 24.5 Å². The lowest BCUT2D eigenvalue weighted by Crippen LogP contribution is -1.71. The van der Waals surface area contributed by atoms with Crippen molar-refractivity contribution in [2.75, 3.05) is 6.26 Å². The molecule has 0 spiro atoms. The van der Waals surface area contributed by atoms with Gasteiger partial charge < -0.3 is 4.42 Å². The van der Waals surface area contributed by atoms with Crippen molar-refractivity contribution in [2.45, 2.75) is 4.90 Å². The zero-order valence-corrected chi connectivity index (χ0v) is 7.19. The molecule has 1 heterocycles. The SMILES string of the molecule is CSc1ccc2oc(F)nc2c1. The lowest BCUT2D eigenvalue weighted by atomic mass is 10.3. The van der Waals surface area contributed by atoms with Gasteiger partial charge in [0.2, 0.25) is 0 Å². The summed E-state index contributed by atoms with van der Waals surface area (Å²) >= 11 is 1.59. The molecule has 0 N–H and O–H groups in total. The minimum Gasteiger partial charge on any atom is -0.415 e. The highest BCUT2D eigenvalue weighted by Gasteiger charge is 2.03. The molecule has 0 aliphatic heterocycles. The summed E-state index contributed by atoms with van der Waals surface area (Å²) in [5.74, 6) is 0. The molecule has 0 bridgehead atoms. The molecule has 0 aliphatic carbocycles. The maximum atomic E-state index is 12.5. The molecule has 1 aromatic heterocycles. The van der Waals surface area contributed by atoms with Crippen LogP contribution in [0.1, 0.15) is 0 Å². The van der Waals surface area contributed by atoms with Crippen LogP contribution in [0.4, 0.5) is 4.39 Å². The Kier molecular flexibility index (Phi) is 1.77. The van der Waals surface area contributed by atoms with E-state index in [2.05, 4.69) is 9.40 Å². The molecule has 62 valence electrons. The molecule has 12 heavy (non-hydrogen) atoms.